The van der Waals surface area contributed by atoms with Gasteiger partial charge in [-0.15, -0.1) is 0 Å². The second kappa shape index (κ2) is 8.45. The SMILES string of the molecule is CNCc1cn(S(=O)c2cccnc2)c2cc(Cc3ccc(F)cc3Cl)ccc12. The van der Waals surface area contributed by atoms with Gasteiger partial charge in [0.2, 0.25) is 0 Å². The van der Waals surface area contributed by atoms with Crippen molar-refractivity contribution in [2.45, 2.75) is 17.9 Å². The first-order valence-corrected chi connectivity index (χ1v) is 10.6. The second-order valence-corrected chi connectivity index (χ2v) is 8.48. The molecule has 0 saturated heterocycles. The summed E-state index contributed by atoms with van der Waals surface area (Å²) in [6.07, 6.45) is 5.74. The monoisotopic (exact) mass is 427 g/mol. The summed E-state index contributed by atoms with van der Waals surface area (Å²) in [5.41, 5.74) is 3.78. The predicted octanol–water partition coefficient (Wildman–Crippen LogP) is 4.71. The highest BCUT2D eigenvalue weighted by atomic mass is 35.5. The van der Waals surface area contributed by atoms with Crippen LogP contribution in [0.1, 0.15) is 16.7 Å². The van der Waals surface area contributed by atoms with Crippen LogP contribution in [0.4, 0.5) is 4.39 Å². The molecule has 2 aromatic heterocycles. The van der Waals surface area contributed by atoms with Crippen molar-refractivity contribution in [1.29, 1.82) is 0 Å². The number of hydrogen-bond acceptors (Lipinski definition) is 3. The van der Waals surface area contributed by atoms with Crippen LogP contribution in [-0.4, -0.2) is 20.2 Å². The van der Waals surface area contributed by atoms with Gasteiger partial charge in [-0.3, -0.25) is 8.96 Å². The number of rotatable bonds is 6. The zero-order chi connectivity index (χ0) is 20.4. The van der Waals surface area contributed by atoms with Crippen LogP contribution in [0, 0.1) is 5.82 Å². The number of benzene rings is 2. The van der Waals surface area contributed by atoms with E-state index in [4.69, 9.17) is 11.6 Å². The van der Waals surface area contributed by atoms with E-state index in [0.29, 0.717) is 22.9 Å². The minimum Gasteiger partial charge on any atom is -0.316 e. The maximum absolute atomic E-state index is 13.3. The van der Waals surface area contributed by atoms with Crippen molar-refractivity contribution >= 4 is 33.5 Å². The lowest BCUT2D eigenvalue weighted by Gasteiger charge is -2.08. The number of nitrogens with zero attached hydrogens (tertiary/aromatic N) is 2. The maximum atomic E-state index is 13.3. The molecule has 0 fully saturated rings. The van der Waals surface area contributed by atoms with Gasteiger partial charge >= 0.3 is 0 Å². The average molecular weight is 428 g/mol. The first-order chi connectivity index (χ1) is 14.1. The molecule has 4 aromatic rings. The van der Waals surface area contributed by atoms with Gasteiger partial charge in [-0.25, -0.2) is 8.60 Å². The van der Waals surface area contributed by atoms with Crippen LogP contribution in [0.15, 0.2) is 72.0 Å². The van der Waals surface area contributed by atoms with Crippen molar-refractivity contribution in [2.75, 3.05) is 7.05 Å². The third kappa shape index (κ3) is 4.10. The fraction of sp³-hybridized carbons (Fsp3) is 0.136. The predicted molar refractivity (Wildman–Crippen MR) is 115 cm³/mol. The van der Waals surface area contributed by atoms with E-state index in [-0.39, 0.29) is 5.82 Å². The van der Waals surface area contributed by atoms with Crippen LogP contribution in [0.5, 0.6) is 0 Å². The van der Waals surface area contributed by atoms with Gasteiger partial charge in [-0.1, -0.05) is 29.8 Å². The molecule has 4 rings (SSSR count). The minimum atomic E-state index is -1.42. The molecule has 1 N–H and O–H groups in total. The summed E-state index contributed by atoms with van der Waals surface area (Å²) in [7, 11) is 0.466. The Kier molecular flexibility index (Phi) is 5.76. The van der Waals surface area contributed by atoms with Crippen molar-refractivity contribution in [2.24, 2.45) is 0 Å². The van der Waals surface area contributed by atoms with E-state index in [1.165, 1.54) is 12.1 Å². The Morgan fingerprint density at radius 3 is 2.76 bits per heavy atom. The Bertz CT molecular complexity index is 1190. The number of halogens is 2. The van der Waals surface area contributed by atoms with Crippen molar-refractivity contribution in [3.05, 3.63) is 94.7 Å². The van der Waals surface area contributed by atoms with Crippen molar-refractivity contribution in [3.63, 3.8) is 0 Å². The van der Waals surface area contributed by atoms with E-state index in [1.54, 1.807) is 34.6 Å². The highest BCUT2D eigenvalue weighted by Gasteiger charge is 2.15. The normalized spacial score (nSPS) is 12.4. The molecule has 0 aliphatic rings. The molecule has 0 aliphatic heterocycles. The molecule has 0 amide bonds. The van der Waals surface area contributed by atoms with Crippen LogP contribution in [0.25, 0.3) is 10.9 Å². The lowest BCUT2D eigenvalue weighted by molar-refractivity contribution is 0.627. The fourth-order valence-corrected chi connectivity index (χ4v) is 4.70. The number of nitrogens with one attached hydrogen (secondary N) is 1. The first kappa shape index (κ1) is 19.8. The van der Waals surface area contributed by atoms with Gasteiger partial charge in [0.1, 0.15) is 5.82 Å². The second-order valence-electron chi connectivity index (χ2n) is 6.71. The van der Waals surface area contributed by atoms with E-state index in [9.17, 15) is 8.60 Å². The summed E-state index contributed by atoms with van der Waals surface area (Å²) >= 11 is 6.20. The molecule has 0 saturated carbocycles. The lowest BCUT2D eigenvalue weighted by Crippen LogP contribution is -2.06. The fourth-order valence-electron chi connectivity index (χ4n) is 3.34. The highest BCUT2D eigenvalue weighted by Crippen LogP contribution is 2.27. The molecule has 1 unspecified atom stereocenters. The van der Waals surface area contributed by atoms with Gasteiger partial charge in [0.25, 0.3) is 0 Å². The van der Waals surface area contributed by atoms with Crippen molar-refractivity contribution < 1.29 is 8.60 Å². The molecule has 2 heterocycles. The number of pyridine rings is 1. The quantitative estimate of drug-likeness (QED) is 0.484. The Morgan fingerprint density at radius 2 is 2.03 bits per heavy atom. The van der Waals surface area contributed by atoms with Gasteiger partial charge in [0.15, 0.2) is 11.0 Å². The number of aromatic nitrogens is 2. The molecule has 2 aromatic carbocycles. The molecule has 0 aliphatic carbocycles. The Morgan fingerprint density at radius 1 is 1.17 bits per heavy atom. The highest BCUT2D eigenvalue weighted by molar-refractivity contribution is 7.83. The smallest absolute Gasteiger partial charge is 0.158 e. The maximum Gasteiger partial charge on any atom is 0.158 e. The number of fused-ring (bicyclic) bond motifs is 1. The molecular weight excluding hydrogens is 409 g/mol. The van der Waals surface area contributed by atoms with Gasteiger partial charge in [0, 0.05) is 35.5 Å². The van der Waals surface area contributed by atoms with Crippen molar-refractivity contribution in [1.82, 2.24) is 14.3 Å². The standard InChI is InChI=1S/C22H19ClFN3OS/c1-25-12-17-14-27(29(28)19-3-2-8-26-13-19)22-10-15(4-7-20(17)22)9-16-5-6-18(24)11-21(16)23/h2-8,10-11,13-14,25H,9,12H2,1H3. The van der Waals surface area contributed by atoms with Crippen molar-refractivity contribution in [3.8, 4) is 0 Å². The molecule has 148 valence electrons. The summed E-state index contributed by atoms with van der Waals surface area (Å²) in [4.78, 5) is 4.71. The summed E-state index contributed by atoms with van der Waals surface area (Å²) < 4.78 is 28.3. The van der Waals surface area contributed by atoms with Gasteiger partial charge in [-0.05, 0) is 60.5 Å². The summed E-state index contributed by atoms with van der Waals surface area (Å²) in [6.45, 7) is 0.664. The Labute approximate surface area is 175 Å². The molecule has 0 spiro atoms. The van der Waals surface area contributed by atoms with Crippen LogP contribution < -0.4 is 5.32 Å². The topological polar surface area (TPSA) is 46.9 Å². The van der Waals surface area contributed by atoms with E-state index in [2.05, 4.69) is 10.3 Å². The largest absolute Gasteiger partial charge is 0.316 e. The van der Waals surface area contributed by atoms with E-state index < -0.39 is 11.0 Å². The molecule has 0 bridgehead atoms. The van der Waals surface area contributed by atoms with E-state index in [1.807, 2.05) is 31.4 Å². The molecule has 0 radical (unpaired) electrons. The lowest BCUT2D eigenvalue weighted by atomic mass is 10.0. The van der Waals surface area contributed by atoms with Crippen LogP contribution >= 0.6 is 11.6 Å². The molecule has 29 heavy (non-hydrogen) atoms. The van der Waals surface area contributed by atoms with E-state index >= 15 is 0 Å². The molecule has 7 heteroatoms. The first-order valence-electron chi connectivity index (χ1n) is 9.10. The molecular formula is C22H19ClFN3OS. The Balaban J connectivity index is 1.78. The van der Waals surface area contributed by atoms with Gasteiger partial charge in [-0.2, -0.15) is 0 Å². The molecule has 1 atom stereocenters. The zero-order valence-electron chi connectivity index (χ0n) is 15.7. The summed E-state index contributed by atoms with van der Waals surface area (Å²) in [5.74, 6) is -0.355. The summed E-state index contributed by atoms with van der Waals surface area (Å²) in [5, 5.41) is 4.59. The third-order valence-electron chi connectivity index (χ3n) is 4.71. The van der Waals surface area contributed by atoms with Crippen LogP contribution in [0.2, 0.25) is 5.02 Å². The Hall–Kier alpha value is -2.54. The molecule has 4 nitrogen and oxygen atoms in total. The average Bonchev–Trinajstić information content (AvgIpc) is 3.08. The minimum absolute atomic E-state index is 0.355. The zero-order valence-corrected chi connectivity index (χ0v) is 17.3. The van der Waals surface area contributed by atoms with Gasteiger partial charge in [0.05, 0.1) is 10.4 Å². The number of hydrogen-bond donors (Lipinski definition) is 1. The van der Waals surface area contributed by atoms with Crippen LogP contribution in [0.3, 0.4) is 0 Å². The summed E-state index contributed by atoms with van der Waals surface area (Å²) in [6, 6.07) is 14.1. The van der Waals surface area contributed by atoms with Crippen LogP contribution in [-0.2, 0) is 24.0 Å². The van der Waals surface area contributed by atoms with Gasteiger partial charge < -0.3 is 5.32 Å². The third-order valence-corrected chi connectivity index (χ3v) is 6.37. The van der Waals surface area contributed by atoms with E-state index in [0.717, 1.165) is 27.6 Å².